The van der Waals surface area contributed by atoms with Crippen LogP contribution in [0.4, 0.5) is 22.0 Å². The second kappa shape index (κ2) is 4.60. The summed E-state index contributed by atoms with van der Waals surface area (Å²) in [5, 5.41) is 0. The highest BCUT2D eigenvalue weighted by molar-refractivity contribution is 5.28. The maximum absolute atomic E-state index is 13.0. The molecule has 2 N–H and O–H groups in total. The first kappa shape index (κ1) is 13.9. The van der Waals surface area contributed by atoms with E-state index < -0.39 is 17.7 Å². The fourth-order valence-electron chi connectivity index (χ4n) is 1.43. The molecule has 17 heavy (non-hydrogen) atoms. The quantitative estimate of drug-likeness (QED) is 0.822. The molecule has 0 aliphatic rings. The van der Waals surface area contributed by atoms with E-state index in [9.17, 15) is 22.0 Å². The van der Waals surface area contributed by atoms with E-state index in [2.05, 4.69) is 0 Å². The Morgan fingerprint density at radius 3 is 2.24 bits per heavy atom. The van der Waals surface area contributed by atoms with E-state index in [-0.39, 0.29) is 12.5 Å². The van der Waals surface area contributed by atoms with Crippen molar-refractivity contribution in [1.82, 2.24) is 0 Å². The highest BCUT2D eigenvalue weighted by Crippen LogP contribution is 2.43. The minimum atomic E-state index is -5.58. The topological polar surface area (TPSA) is 26.0 Å². The van der Waals surface area contributed by atoms with Crippen LogP contribution in [0.2, 0.25) is 0 Å². The average Bonchev–Trinajstić information content (AvgIpc) is 2.15. The van der Waals surface area contributed by atoms with Crippen LogP contribution < -0.4 is 5.73 Å². The Labute approximate surface area is 95.4 Å². The lowest BCUT2D eigenvalue weighted by Crippen LogP contribution is -2.33. The first-order chi connectivity index (χ1) is 7.64. The van der Waals surface area contributed by atoms with Gasteiger partial charge >= 0.3 is 12.1 Å². The molecule has 1 nitrogen and oxygen atoms in total. The van der Waals surface area contributed by atoms with Gasteiger partial charge in [0.1, 0.15) is 0 Å². The van der Waals surface area contributed by atoms with Gasteiger partial charge in [-0.3, -0.25) is 0 Å². The molecule has 0 aliphatic heterocycles. The summed E-state index contributed by atoms with van der Waals surface area (Å²) in [6.45, 7) is 1.65. The SMILES string of the molecule is C[C@@H](N)Cc1cccc(C(F)(F)C(F)(F)F)c1. The van der Waals surface area contributed by atoms with Crippen LogP contribution in [0.3, 0.4) is 0 Å². The largest absolute Gasteiger partial charge is 0.458 e. The Bertz CT molecular complexity index is 384. The third-order valence-corrected chi connectivity index (χ3v) is 2.20. The van der Waals surface area contributed by atoms with E-state index in [0.29, 0.717) is 5.56 Å². The summed E-state index contributed by atoms with van der Waals surface area (Å²) in [7, 11) is 0. The Kier molecular flexibility index (Phi) is 3.76. The molecule has 0 radical (unpaired) electrons. The molecule has 1 aromatic rings. The Morgan fingerprint density at radius 1 is 1.18 bits per heavy atom. The fraction of sp³-hybridized carbons (Fsp3) is 0.455. The Balaban J connectivity index is 3.07. The van der Waals surface area contributed by atoms with Crippen molar-refractivity contribution in [3.8, 4) is 0 Å². The van der Waals surface area contributed by atoms with Crippen molar-refractivity contribution in [2.24, 2.45) is 5.73 Å². The van der Waals surface area contributed by atoms with Crippen molar-refractivity contribution < 1.29 is 22.0 Å². The van der Waals surface area contributed by atoms with Crippen molar-refractivity contribution >= 4 is 0 Å². The van der Waals surface area contributed by atoms with Gasteiger partial charge in [-0.1, -0.05) is 18.2 Å². The zero-order valence-corrected chi connectivity index (χ0v) is 9.06. The van der Waals surface area contributed by atoms with Crippen molar-refractivity contribution in [3.05, 3.63) is 35.4 Å². The number of halogens is 5. The minimum absolute atomic E-state index is 0.252. The zero-order valence-electron chi connectivity index (χ0n) is 9.06. The van der Waals surface area contributed by atoms with Crippen LogP contribution in [0, 0.1) is 0 Å². The third kappa shape index (κ3) is 3.15. The minimum Gasteiger partial charge on any atom is -0.328 e. The number of alkyl halides is 5. The molecule has 0 aromatic heterocycles. The molecule has 1 rings (SSSR count). The first-order valence-corrected chi connectivity index (χ1v) is 4.94. The Hall–Kier alpha value is -1.17. The number of rotatable bonds is 3. The summed E-state index contributed by atoms with van der Waals surface area (Å²) in [5.41, 5.74) is 4.77. The van der Waals surface area contributed by atoms with E-state index in [1.807, 2.05) is 0 Å². The molecular formula is C11H12F5N. The van der Waals surface area contributed by atoms with Gasteiger partial charge in [-0.25, -0.2) is 0 Å². The van der Waals surface area contributed by atoms with Gasteiger partial charge in [0.05, 0.1) is 0 Å². The van der Waals surface area contributed by atoms with Gasteiger partial charge in [-0.05, 0) is 25.0 Å². The molecule has 0 saturated heterocycles. The number of benzene rings is 1. The van der Waals surface area contributed by atoms with E-state index in [0.717, 1.165) is 12.1 Å². The molecule has 0 fully saturated rings. The lowest BCUT2D eigenvalue weighted by molar-refractivity contribution is -0.289. The summed E-state index contributed by atoms with van der Waals surface area (Å²) >= 11 is 0. The molecule has 0 unspecified atom stereocenters. The maximum atomic E-state index is 13.0. The second-order valence-corrected chi connectivity index (χ2v) is 3.95. The van der Waals surface area contributed by atoms with Gasteiger partial charge in [0.15, 0.2) is 0 Å². The molecular weight excluding hydrogens is 241 g/mol. The number of hydrogen-bond acceptors (Lipinski definition) is 1. The van der Waals surface area contributed by atoms with Crippen LogP contribution in [-0.2, 0) is 12.3 Å². The molecule has 0 spiro atoms. The van der Waals surface area contributed by atoms with E-state index in [1.54, 1.807) is 6.92 Å². The average molecular weight is 253 g/mol. The molecule has 0 heterocycles. The van der Waals surface area contributed by atoms with Crippen molar-refractivity contribution in [1.29, 1.82) is 0 Å². The summed E-state index contributed by atoms with van der Waals surface area (Å²) in [6.07, 6.45) is -5.33. The second-order valence-electron chi connectivity index (χ2n) is 3.95. The van der Waals surface area contributed by atoms with Crippen LogP contribution in [0.1, 0.15) is 18.1 Å². The molecule has 6 heteroatoms. The Morgan fingerprint density at radius 2 is 1.76 bits per heavy atom. The van der Waals surface area contributed by atoms with Crippen molar-refractivity contribution in [2.75, 3.05) is 0 Å². The summed E-state index contributed by atoms with van der Waals surface area (Å²) in [5.74, 6) is -4.83. The van der Waals surface area contributed by atoms with Crippen molar-refractivity contribution in [3.63, 3.8) is 0 Å². The lowest BCUT2D eigenvalue weighted by atomic mass is 10.0. The molecule has 1 aromatic carbocycles. The highest BCUT2D eigenvalue weighted by atomic mass is 19.4. The standard InChI is InChI=1S/C11H12F5N/c1-7(17)5-8-3-2-4-9(6-8)10(12,13)11(14,15)16/h2-4,6-7H,5,17H2,1H3/t7-/m1/s1. The van der Waals surface area contributed by atoms with Crippen LogP contribution in [0.15, 0.2) is 24.3 Å². The van der Waals surface area contributed by atoms with Crippen LogP contribution >= 0.6 is 0 Å². The zero-order chi connectivity index (χ0) is 13.3. The lowest BCUT2D eigenvalue weighted by Gasteiger charge is -2.20. The number of nitrogens with two attached hydrogens (primary N) is 1. The smallest absolute Gasteiger partial charge is 0.328 e. The van der Waals surface area contributed by atoms with Crippen LogP contribution in [0.25, 0.3) is 0 Å². The summed E-state index contributed by atoms with van der Waals surface area (Å²) < 4.78 is 62.5. The van der Waals surface area contributed by atoms with E-state index >= 15 is 0 Å². The van der Waals surface area contributed by atoms with E-state index in [4.69, 9.17) is 5.73 Å². The molecule has 0 aliphatic carbocycles. The van der Waals surface area contributed by atoms with Gasteiger partial charge in [0.2, 0.25) is 0 Å². The van der Waals surface area contributed by atoms with Gasteiger partial charge < -0.3 is 5.73 Å². The van der Waals surface area contributed by atoms with Gasteiger partial charge in [-0.15, -0.1) is 0 Å². The molecule has 0 saturated carbocycles. The molecule has 96 valence electrons. The summed E-state index contributed by atoms with van der Waals surface area (Å²) in [6, 6.07) is 3.95. The first-order valence-electron chi connectivity index (χ1n) is 4.94. The molecule has 0 bridgehead atoms. The van der Waals surface area contributed by atoms with Gasteiger partial charge in [-0.2, -0.15) is 22.0 Å². The van der Waals surface area contributed by atoms with Crippen molar-refractivity contribution in [2.45, 2.75) is 31.5 Å². The van der Waals surface area contributed by atoms with E-state index in [1.165, 1.54) is 12.1 Å². The summed E-state index contributed by atoms with van der Waals surface area (Å²) in [4.78, 5) is 0. The van der Waals surface area contributed by atoms with Gasteiger partial charge in [0.25, 0.3) is 0 Å². The predicted octanol–water partition coefficient (Wildman–Crippen LogP) is 3.23. The van der Waals surface area contributed by atoms with Gasteiger partial charge in [0, 0.05) is 11.6 Å². The third-order valence-electron chi connectivity index (χ3n) is 2.20. The highest BCUT2D eigenvalue weighted by Gasteiger charge is 2.58. The normalized spacial score (nSPS) is 14.8. The molecule has 0 amide bonds. The monoisotopic (exact) mass is 253 g/mol. The fourth-order valence-corrected chi connectivity index (χ4v) is 1.43. The molecule has 1 atom stereocenters. The van der Waals surface area contributed by atoms with Crippen LogP contribution in [0.5, 0.6) is 0 Å². The number of hydrogen-bond donors (Lipinski definition) is 1. The predicted molar refractivity (Wildman–Crippen MR) is 53.7 cm³/mol. The maximum Gasteiger partial charge on any atom is 0.458 e. The van der Waals surface area contributed by atoms with Crippen LogP contribution in [-0.4, -0.2) is 12.2 Å².